The molecule has 6 heteroatoms. The second kappa shape index (κ2) is 7.81. The maximum atomic E-state index is 12.4. The van der Waals surface area contributed by atoms with Gasteiger partial charge in [-0.3, -0.25) is 4.79 Å². The quantitative estimate of drug-likeness (QED) is 0.854. The molecule has 0 radical (unpaired) electrons. The molecule has 0 heterocycles. The number of amides is 1. The third-order valence-electron chi connectivity index (χ3n) is 3.78. The second-order valence-corrected chi connectivity index (χ2v) is 8.54. The lowest BCUT2D eigenvalue weighted by Gasteiger charge is -2.13. The van der Waals surface area contributed by atoms with Crippen molar-refractivity contribution < 1.29 is 13.2 Å². The molecule has 128 valence electrons. The Hall–Kier alpha value is -1.85. The zero-order valence-electron chi connectivity index (χ0n) is 13.6. The molecule has 0 aromatic heterocycles. The second-order valence-electron chi connectivity index (χ2n) is 5.78. The zero-order chi connectivity index (χ0) is 17.7. The van der Waals surface area contributed by atoms with E-state index in [1.54, 1.807) is 24.3 Å². The number of hydrogen-bond acceptors (Lipinski definition) is 3. The van der Waals surface area contributed by atoms with Gasteiger partial charge in [0.1, 0.15) is 5.25 Å². The minimum absolute atomic E-state index is 0.191. The average molecular weight is 366 g/mol. The number of halogens is 1. The van der Waals surface area contributed by atoms with Crippen LogP contribution < -0.4 is 5.32 Å². The Kier molecular flexibility index (Phi) is 6.02. The standard InChI is InChI=1S/C18H20ClNO3S/c1-13-3-5-15(6-4-13)11-20-18(21)14(2)24(22,23)12-16-7-9-17(19)10-8-16/h3-10,14H,11-12H2,1-2H3,(H,20,21). The van der Waals surface area contributed by atoms with E-state index in [2.05, 4.69) is 5.32 Å². The Bertz CT molecular complexity index is 799. The fraction of sp³-hybridized carbons (Fsp3) is 0.278. The van der Waals surface area contributed by atoms with Crippen LogP contribution in [-0.4, -0.2) is 19.6 Å². The first-order valence-electron chi connectivity index (χ1n) is 7.57. The molecule has 2 rings (SSSR count). The van der Waals surface area contributed by atoms with Gasteiger partial charge in [-0.25, -0.2) is 8.42 Å². The van der Waals surface area contributed by atoms with E-state index in [0.29, 0.717) is 17.1 Å². The summed E-state index contributed by atoms with van der Waals surface area (Å²) in [6.45, 7) is 3.70. The molecule has 0 fully saturated rings. The van der Waals surface area contributed by atoms with Gasteiger partial charge < -0.3 is 5.32 Å². The van der Waals surface area contributed by atoms with Gasteiger partial charge in [-0.2, -0.15) is 0 Å². The predicted octanol–water partition coefficient (Wildman–Crippen LogP) is 3.27. The summed E-state index contributed by atoms with van der Waals surface area (Å²) in [6.07, 6.45) is 0. The number of carbonyl (C=O) groups is 1. The van der Waals surface area contributed by atoms with Crippen LogP contribution in [0, 0.1) is 6.92 Å². The van der Waals surface area contributed by atoms with Crippen LogP contribution in [-0.2, 0) is 26.9 Å². The van der Waals surface area contributed by atoms with Gasteiger partial charge in [0.05, 0.1) is 5.75 Å². The first kappa shape index (κ1) is 18.5. The molecular weight excluding hydrogens is 346 g/mol. The van der Waals surface area contributed by atoms with Crippen LogP contribution in [0.15, 0.2) is 48.5 Å². The highest BCUT2D eigenvalue weighted by atomic mass is 35.5. The summed E-state index contributed by atoms with van der Waals surface area (Å²) in [5.74, 6) is -0.687. The lowest BCUT2D eigenvalue weighted by molar-refractivity contribution is -0.120. The Morgan fingerprint density at radius 1 is 1.04 bits per heavy atom. The van der Waals surface area contributed by atoms with E-state index >= 15 is 0 Å². The van der Waals surface area contributed by atoms with Gasteiger partial charge in [0.2, 0.25) is 5.91 Å². The van der Waals surface area contributed by atoms with E-state index in [4.69, 9.17) is 11.6 Å². The Morgan fingerprint density at radius 2 is 1.58 bits per heavy atom. The molecule has 0 saturated carbocycles. The zero-order valence-corrected chi connectivity index (χ0v) is 15.2. The van der Waals surface area contributed by atoms with E-state index in [1.165, 1.54) is 6.92 Å². The van der Waals surface area contributed by atoms with Gasteiger partial charge in [-0.05, 0) is 37.1 Å². The van der Waals surface area contributed by atoms with Crippen molar-refractivity contribution in [3.63, 3.8) is 0 Å². The lowest BCUT2D eigenvalue weighted by atomic mass is 10.1. The normalized spacial score (nSPS) is 12.6. The summed E-state index contributed by atoms with van der Waals surface area (Å²) < 4.78 is 24.8. The van der Waals surface area contributed by atoms with Crippen LogP contribution in [0.5, 0.6) is 0 Å². The van der Waals surface area contributed by atoms with E-state index < -0.39 is 21.0 Å². The summed E-state index contributed by atoms with van der Waals surface area (Å²) in [4.78, 5) is 12.2. The minimum Gasteiger partial charge on any atom is -0.351 e. The maximum absolute atomic E-state index is 12.4. The van der Waals surface area contributed by atoms with Crippen molar-refractivity contribution in [1.29, 1.82) is 0 Å². The van der Waals surface area contributed by atoms with E-state index in [1.807, 2.05) is 31.2 Å². The maximum Gasteiger partial charge on any atom is 0.238 e. The Balaban J connectivity index is 1.97. The molecule has 1 N–H and O–H groups in total. The minimum atomic E-state index is -3.59. The van der Waals surface area contributed by atoms with Gasteiger partial charge in [0.25, 0.3) is 0 Å². The van der Waals surface area contributed by atoms with Crippen LogP contribution >= 0.6 is 11.6 Å². The lowest BCUT2D eigenvalue weighted by Crippen LogP contribution is -2.38. The number of hydrogen-bond donors (Lipinski definition) is 1. The molecule has 0 bridgehead atoms. The third-order valence-corrected chi connectivity index (χ3v) is 6.06. The molecule has 4 nitrogen and oxygen atoms in total. The van der Waals surface area contributed by atoms with Crippen LogP contribution in [0.25, 0.3) is 0 Å². The van der Waals surface area contributed by atoms with E-state index in [9.17, 15) is 13.2 Å². The van der Waals surface area contributed by atoms with Gasteiger partial charge in [-0.1, -0.05) is 53.6 Å². The van der Waals surface area contributed by atoms with Crippen molar-refractivity contribution in [3.05, 3.63) is 70.2 Å². The van der Waals surface area contributed by atoms with Crippen molar-refractivity contribution >= 4 is 27.3 Å². The number of carbonyl (C=O) groups excluding carboxylic acids is 1. The molecule has 1 amide bonds. The summed E-state index contributed by atoms with van der Waals surface area (Å²) in [5.41, 5.74) is 2.66. The molecule has 0 aliphatic heterocycles. The van der Waals surface area contributed by atoms with Gasteiger partial charge in [-0.15, -0.1) is 0 Å². The highest BCUT2D eigenvalue weighted by Crippen LogP contribution is 2.15. The van der Waals surface area contributed by atoms with Crippen LogP contribution in [0.2, 0.25) is 5.02 Å². The van der Waals surface area contributed by atoms with Crippen molar-refractivity contribution in [2.24, 2.45) is 0 Å². The molecule has 2 aromatic rings. The van der Waals surface area contributed by atoms with Gasteiger partial charge >= 0.3 is 0 Å². The number of rotatable bonds is 6. The molecule has 0 aliphatic rings. The van der Waals surface area contributed by atoms with E-state index in [0.717, 1.165) is 11.1 Å². The van der Waals surface area contributed by atoms with Crippen molar-refractivity contribution in [3.8, 4) is 0 Å². The van der Waals surface area contributed by atoms with Crippen LogP contribution in [0.1, 0.15) is 23.6 Å². The Labute approximate surface area is 147 Å². The smallest absolute Gasteiger partial charge is 0.238 e. The van der Waals surface area contributed by atoms with E-state index in [-0.39, 0.29) is 5.75 Å². The highest BCUT2D eigenvalue weighted by molar-refractivity contribution is 7.92. The number of benzene rings is 2. The molecule has 1 atom stereocenters. The molecule has 0 aliphatic carbocycles. The number of aryl methyl sites for hydroxylation is 1. The monoisotopic (exact) mass is 365 g/mol. The van der Waals surface area contributed by atoms with Crippen LogP contribution in [0.3, 0.4) is 0 Å². The van der Waals surface area contributed by atoms with Gasteiger partial charge in [0.15, 0.2) is 9.84 Å². The Morgan fingerprint density at radius 3 is 2.17 bits per heavy atom. The van der Waals surface area contributed by atoms with Crippen molar-refractivity contribution in [1.82, 2.24) is 5.32 Å². The summed E-state index contributed by atoms with van der Waals surface area (Å²) in [5, 5.41) is 2.11. The molecule has 0 spiro atoms. The molecule has 0 saturated heterocycles. The fourth-order valence-corrected chi connectivity index (χ4v) is 3.58. The third kappa shape index (κ3) is 5.08. The van der Waals surface area contributed by atoms with Crippen LogP contribution in [0.4, 0.5) is 0 Å². The summed E-state index contributed by atoms with van der Waals surface area (Å²) in [7, 11) is -3.59. The van der Waals surface area contributed by atoms with Crippen molar-refractivity contribution in [2.45, 2.75) is 31.4 Å². The first-order chi connectivity index (χ1) is 11.3. The number of sulfone groups is 1. The predicted molar refractivity (Wildman–Crippen MR) is 96.6 cm³/mol. The number of nitrogens with one attached hydrogen (secondary N) is 1. The molecule has 2 aromatic carbocycles. The molecule has 24 heavy (non-hydrogen) atoms. The SMILES string of the molecule is Cc1ccc(CNC(=O)C(C)S(=O)(=O)Cc2ccc(Cl)cc2)cc1. The summed E-state index contributed by atoms with van der Waals surface area (Å²) >= 11 is 5.79. The fourth-order valence-electron chi connectivity index (χ4n) is 2.14. The van der Waals surface area contributed by atoms with Crippen molar-refractivity contribution in [2.75, 3.05) is 0 Å². The largest absolute Gasteiger partial charge is 0.351 e. The average Bonchev–Trinajstić information content (AvgIpc) is 2.55. The molecule has 1 unspecified atom stereocenters. The summed E-state index contributed by atoms with van der Waals surface area (Å²) in [6, 6.07) is 14.3. The molecular formula is C18H20ClNO3S. The van der Waals surface area contributed by atoms with Gasteiger partial charge in [0, 0.05) is 11.6 Å². The highest BCUT2D eigenvalue weighted by Gasteiger charge is 2.27. The topological polar surface area (TPSA) is 63.2 Å². The first-order valence-corrected chi connectivity index (χ1v) is 9.66.